The van der Waals surface area contributed by atoms with Gasteiger partial charge in [0.15, 0.2) is 0 Å². The minimum atomic E-state index is -0.298. The fourth-order valence-electron chi connectivity index (χ4n) is 2.18. The summed E-state index contributed by atoms with van der Waals surface area (Å²) in [7, 11) is 0. The van der Waals surface area contributed by atoms with Crippen LogP contribution in [-0.4, -0.2) is 9.78 Å². The van der Waals surface area contributed by atoms with Crippen molar-refractivity contribution in [1.29, 1.82) is 0 Å². The maximum atomic E-state index is 12.9. The molecule has 3 nitrogen and oxygen atoms in total. The first-order valence-electron chi connectivity index (χ1n) is 7.26. The van der Waals surface area contributed by atoms with Gasteiger partial charge in [-0.2, -0.15) is 5.10 Å². The van der Waals surface area contributed by atoms with Crippen LogP contribution in [0.3, 0.4) is 0 Å². The van der Waals surface area contributed by atoms with Crippen molar-refractivity contribution in [2.24, 2.45) is 0 Å². The van der Waals surface area contributed by atoms with Crippen molar-refractivity contribution >= 4 is 12.2 Å². The molecule has 1 heterocycles. The Labute approximate surface area is 133 Å². The van der Waals surface area contributed by atoms with Gasteiger partial charge in [0, 0.05) is 6.07 Å². The van der Waals surface area contributed by atoms with Gasteiger partial charge >= 0.3 is 0 Å². The first-order valence-corrected chi connectivity index (χ1v) is 7.26. The number of aromatic nitrogens is 2. The lowest BCUT2D eigenvalue weighted by atomic mass is 10.2. The Kier molecular flexibility index (Phi) is 4.43. The summed E-state index contributed by atoms with van der Waals surface area (Å²) in [5.41, 5.74) is 2.39. The summed E-state index contributed by atoms with van der Waals surface area (Å²) < 4.78 is 14.3. The van der Waals surface area contributed by atoms with Crippen LogP contribution in [0.2, 0.25) is 0 Å². The summed E-state index contributed by atoms with van der Waals surface area (Å²) in [4.78, 5) is 11.9. The van der Waals surface area contributed by atoms with Crippen LogP contribution in [0, 0.1) is 5.82 Å². The number of nitrogens with zero attached hydrogens (tertiary/aromatic N) is 2. The molecule has 114 valence electrons. The second kappa shape index (κ2) is 6.83. The number of benzene rings is 2. The van der Waals surface area contributed by atoms with Crippen LogP contribution in [0.4, 0.5) is 4.39 Å². The summed E-state index contributed by atoms with van der Waals surface area (Å²) in [6.07, 6.45) is 3.80. The molecule has 0 unspecified atom stereocenters. The smallest absolute Gasteiger partial charge is 0.267 e. The molecule has 2 aromatic carbocycles. The molecule has 0 atom stereocenters. The number of rotatable bonds is 4. The van der Waals surface area contributed by atoms with Gasteiger partial charge in [0.25, 0.3) is 5.56 Å². The summed E-state index contributed by atoms with van der Waals surface area (Å²) in [6.45, 7) is 0.312. The Morgan fingerprint density at radius 1 is 0.913 bits per heavy atom. The van der Waals surface area contributed by atoms with E-state index in [1.807, 2.05) is 42.5 Å². The van der Waals surface area contributed by atoms with E-state index in [1.165, 1.54) is 22.9 Å². The van der Waals surface area contributed by atoms with E-state index in [4.69, 9.17) is 0 Å². The van der Waals surface area contributed by atoms with Crippen molar-refractivity contribution in [2.75, 3.05) is 0 Å². The first-order chi connectivity index (χ1) is 11.2. The molecule has 0 N–H and O–H groups in total. The van der Waals surface area contributed by atoms with Crippen molar-refractivity contribution in [3.63, 3.8) is 0 Å². The Morgan fingerprint density at radius 2 is 1.65 bits per heavy atom. The molecule has 3 rings (SSSR count). The maximum Gasteiger partial charge on any atom is 0.267 e. The second-order valence-corrected chi connectivity index (χ2v) is 5.12. The fourth-order valence-corrected chi connectivity index (χ4v) is 2.18. The third kappa shape index (κ3) is 4.01. The molecule has 0 aliphatic carbocycles. The van der Waals surface area contributed by atoms with Gasteiger partial charge < -0.3 is 0 Å². The van der Waals surface area contributed by atoms with Crippen molar-refractivity contribution in [3.8, 4) is 0 Å². The molecule has 23 heavy (non-hydrogen) atoms. The summed E-state index contributed by atoms with van der Waals surface area (Å²) in [5.74, 6) is -0.298. The SMILES string of the molecule is O=c1ccc(/C=C/c2ccccc2)nn1Cc1ccc(F)cc1. The molecule has 0 amide bonds. The zero-order valence-electron chi connectivity index (χ0n) is 12.4. The highest BCUT2D eigenvalue weighted by atomic mass is 19.1. The van der Waals surface area contributed by atoms with Crippen LogP contribution in [-0.2, 0) is 6.54 Å². The average molecular weight is 306 g/mol. The minimum absolute atomic E-state index is 0.189. The zero-order chi connectivity index (χ0) is 16.1. The molecule has 0 radical (unpaired) electrons. The second-order valence-electron chi connectivity index (χ2n) is 5.12. The molecule has 3 aromatic rings. The van der Waals surface area contributed by atoms with Crippen LogP contribution < -0.4 is 5.56 Å². The van der Waals surface area contributed by atoms with E-state index >= 15 is 0 Å². The normalized spacial score (nSPS) is 11.0. The highest BCUT2D eigenvalue weighted by molar-refractivity contribution is 5.67. The lowest BCUT2D eigenvalue weighted by molar-refractivity contribution is 0.618. The summed E-state index contributed by atoms with van der Waals surface area (Å²) in [5, 5.41) is 4.33. The van der Waals surface area contributed by atoms with Gasteiger partial charge in [0.2, 0.25) is 0 Å². The van der Waals surface area contributed by atoms with Crippen LogP contribution in [0.5, 0.6) is 0 Å². The van der Waals surface area contributed by atoms with E-state index in [1.54, 1.807) is 18.2 Å². The molecule has 0 spiro atoms. The Morgan fingerprint density at radius 3 is 2.39 bits per heavy atom. The minimum Gasteiger partial charge on any atom is -0.268 e. The molecule has 0 saturated carbocycles. The highest BCUT2D eigenvalue weighted by Gasteiger charge is 2.01. The molecule has 0 aliphatic heterocycles. The average Bonchev–Trinajstić information content (AvgIpc) is 2.58. The third-order valence-electron chi connectivity index (χ3n) is 3.38. The monoisotopic (exact) mass is 306 g/mol. The fraction of sp³-hybridized carbons (Fsp3) is 0.0526. The molecule has 0 fully saturated rings. The highest BCUT2D eigenvalue weighted by Crippen LogP contribution is 2.06. The summed E-state index contributed by atoms with van der Waals surface area (Å²) >= 11 is 0. The quantitative estimate of drug-likeness (QED) is 0.738. The maximum absolute atomic E-state index is 12.9. The van der Waals surface area contributed by atoms with Crippen molar-refractivity contribution in [3.05, 3.63) is 99.7 Å². The van der Waals surface area contributed by atoms with E-state index in [0.717, 1.165) is 11.1 Å². The predicted octanol–water partition coefficient (Wildman–Crippen LogP) is 3.60. The topological polar surface area (TPSA) is 34.9 Å². The van der Waals surface area contributed by atoms with E-state index < -0.39 is 0 Å². The lowest BCUT2D eigenvalue weighted by Gasteiger charge is -2.05. The Balaban J connectivity index is 1.83. The molecule has 4 heteroatoms. The van der Waals surface area contributed by atoms with Gasteiger partial charge in [0.1, 0.15) is 5.82 Å². The van der Waals surface area contributed by atoms with E-state index in [2.05, 4.69) is 5.10 Å². The zero-order valence-corrected chi connectivity index (χ0v) is 12.4. The molecular weight excluding hydrogens is 291 g/mol. The van der Waals surface area contributed by atoms with Gasteiger partial charge in [-0.05, 0) is 35.4 Å². The Bertz CT molecular complexity index is 868. The van der Waals surface area contributed by atoms with Crippen LogP contribution >= 0.6 is 0 Å². The Hall–Kier alpha value is -3.01. The van der Waals surface area contributed by atoms with Crippen LogP contribution in [0.15, 0.2) is 71.5 Å². The predicted molar refractivity (Wildman–Crippen MR) is 89.4 cm³/mol. The number of hydrogen-bond acceptors (Lipinski definition) is 2. The third-order valence-corrected chi connectivity index (χ3v) is 3.38. The lowest BCUT2D eigenvalue weighted by Crippen LogP contribution is -2.22. The van der Waals surface area contributed by atoms with Gasteiger partial charge in [-0.1, -0.05) is 48.5 Å². The molecular formula is C19H15FN2O. The van der Waals surface area contributed by atoms with Crippen LogP contribution in [0.25, 0.3) is 12.2 Å². The molecule has 0 bridgehead atoms. The molecule has 1 aromatic heterocycles. The number of hydrogen-bond donors (Lipinski definition) is 0. The standard InChI is InChI=1S/C19H15FN2O/c20-17-9-6-16(7-10-17)14-22-19(23)13-12-18(21-22)11-8-15-4-2-1-3-5-15/h1-13H,14H2/b11-8+. The van der Waals surface area contributed by atoms with E-state index in [9.17, 15) is 9.18 Å². The van der Waals surface area contributed by atoms with Crippen molar-refractivity contribution < 1.29 is 4.39 Å². The van der Waals surface area contributed by atoms with Crippen molar-refractivity contribution in [1.82, 2.24) is 9.78 Å². The largest absolute Gasteiger partial charge is 0.268 e. The van der Waals surface area contributed by atoms with Gasteiger partial charge in [0.05, 0.1) is 12.2 Å². The number of halogens is 1. The van der Waals surface area contributed by atoms with Crippen molar-refractivity contribution in [2.45, 2.75) is 6.54 Å². The van der Waals surface area contributed by atoms with Gasteiger partial charge in [-0.3, -0.25) is 4.79 Å². The van der Waals surface area contributed by atoms with Gasteiger partial charge in [-0.15, -0.1) is 0 Å². The molecule has 0 aliphatic rings. The van der Waals surface area contributed by atoms with Crippen LogP contribution in [0.1, 0.15) is 16.8 Å². The van der Waals surface area contributed by atoms with Gasteiger partial charge in [-0.25, -0.2) is 9.07 Å². The molecule has 0 saturated heterocycles. The first kappa shape index (κ1) is 14.9. The summed E-state index contributed by atoms with van der Waals surface area (Å²) in [6, 6.07) is 19.1. The van der Waals surface area contributed by atoms with E-state index in [-0.39, 0.29) is 11.4 Å². The van der Waals surface area contributed by atoms with E-state index in [0.29, 0.717) is 12.2 Å².